The van der Waals surface area contributed by atoms with Crippen molar-refractivity contribution in [1.29, 1.82) is 0 Å². The first kappa shape index (κ1) is 24.9. The predicted molar refractivity (Wildman–Crippen MR) is 129 cm³/mol. The monoisotopic (exact) mass is 515 g/mol. The Bertz CT molecular complexity index is 1310. The van der Waals surface area contributed by atoms with Crippen LogP contribution in [0.1, 0.15) is 36.5 Å². The molecule has 37 heavy (non-hydrogen) atoms. The third-order valence-electron chi connectivity index (χ3n) is 6.95. The van der Waals surface area contributed by atoms with E-state index >= 15 is 4.39 Å². The molecule has 3 heterocycles. The van der Waals surface area contributed by atoms with Crippen molar-refractivity contribution in [2.24, 2.45) is 10.9 Å². The fourth-order valence-corrected chi connectivity index (χ4v) is 4.94. The van der Waals surface area contributed by atoms with Crippen LogP contribution in [0.4, 0.5) is 23.5 Å². The molecule has 11 heteroatoms. The molecule has 2 aliphatic heterocycles. The Hall–Kier alpha value is -3.76. The highest BCUT2D eigenvalue weighted by Gasteiger charge is 2.44. The van der Waals surface area contributed by atoms with Gasteiger partial charge in [-0.25, -0.2) is 14.4 Å². The van der Waals surface area contributed by atoms with Crippen LogP contribution in [0.25, 0.3) is 0 Å². The summed E-state index contributed by atoms with van der Waals surface area (Å²) in [7, 11) is 0. The summed E-state index contributed by atoms with van der Waals surface area (Å²) in [5.41, 5.74) is -0.256. The molecule has 5 rings (SSSR count). The van der Waals surface area contributed by atoms with Crippen molar-refractivity contribution in [2.45, 2.75) is 43.9 Å². The van der Waals surface area contributed by atoms with Crippen molar-refractivity contribution in [1.82, 2.24) is 15.3 Å². The Morgan fingerprint density at radius 2 is 2.00 bits per heavy atom. The number of aliphatic imine (C=N–C) groups is 1. The second-order valence-electron chi connectivity index (χ2n) is 9.79. The van der Waals surface area contributed by atoms with Gasteiger partial charge in [-0.3, -0.25) is 9.79 Å². The van der Waals surface area contributed by atoms with E-state index < -0.39 is 41.0 Å². The number of halogens is 4. The molecule has 7 nitrogen and oxygen atoms in total. The number of nitrogens with one attached hydrogen (secondary N) is 1. The van der Waals surface area contributed by atoms with Crippen LogP contribution in [-0.4, -0.2) is 57.7 Å². The molecule has 1 aliphatic carbocycles. The zero-order valence-corrected chi connectivity index (χ0v) is 20.0. The number of carboxylic acids is 1. The molecule has 0 spiro atoms. The van der Waals surface area contributed by atoms with Crippen molar-refractivity contribution in [3.63, 3.8) is 0 Å². The number of carboxylic acid groups (broad SMARTS) is 1. The number of nitrogens with zero attached hydrogens (tertiary/aromatic N) is 4. The predicted octanol–water partition coefficient (Wildman–Crippen LogP) is 4.04. The van der Waals surface area contributed by atoms with Crippen LogP contribution < -0.4 is 10.2 Å². The zero-order chi connectivity index (χ0) is 26.4. The molecule has 0 saturated carbocycles. The number of benzene rings is 1. The molecule has 0 radical (unpaired) electrons. The standard InChI is InChI=1S/C26H25F4N5O2/c1-25-11-18(26(28,29)30)5-7-21(25)33-22(34-25)19-6-4-15(10-20(19)27)9-16-12-31-24(32-13-16)35-8-2-3-17(14-35)23(36)37/h4-7,10-13,17,21H,2-3,8-9,14H2,1H3,(H,33,34)(H,36,37)/t17-,21?,25?/m0/s1. The SMILES string of the molecule is CC12C=C(C(F)(F)F)C=CC1N=C(c1ccc(Cc3cnc(N4CCC[C@H](C(=O)O)C4)nc3)cc1F)N2. The largest absolute Gasteiger partial charge is 0.481 e. The highest BCUT2D eigenvalue weighted by Crippen LogP contribution is 2.36. The maximum absolute atomic E-state index is 15.1. The van der Waals surface area contributed by atoms with Crippen molar-refractivity contribution in [2.75, 3.05) is 18.0 Å². The van der Waals surface area contributed by atoms with Crippen LogP contribution >= 0.6 is 0 Å². The van der Waals surface area contributed by atoms with E-state index in [0.29, 0.717) is 37.4 Å². The summed E-state index contributed by atoms with van der Waals surface area (Å²) in [6.07, 6.45) is 4.05. The third-order valence-corrected chi connectivity index (χ3v) is 6.95. The van der Waals surface area contributed by atoms with Crippen LogP contribution in [0.3, 0.4) is 0 Å². The summed E-state index contributed by atoms with van der Waals surface area (Å²) < 4.78 is 54.5. The average molecular weight is 516 g/mol. The Morgan fingerprint density at radius 3 is 2.68 bits per heavy atom. The van der Waals surface area contributed by atoms with Gasteiger partial charge < -0.3 is 15.3 Å². The maximum Gasteiger partial charge on any atom is 0.416 e. The van der Waals surface area contributed by atoms with Gasteiger partial charge in [-0.2, -0.15) is 13.2 Å². The minimum absolute atomic E-state index is 0.180. The minimum atomic E-state index is -4.47. The van der Waals surface area contributed by atoms with Gasteiger partial charge in [0.25, 0.3) is 0 Å². The number of carbonyl (C=O) groups is 1. The molecular weight excluding hydrogens is 490 g/mol. The number of hydrogen-bond acceptors (Lipinski definition) is 6. The van der Waals surface area contributed by atoms with E-state index in [9.17, 15) is 23.1 Å². The first-order valence-corrected chi connectivity index (χ1v) is 11.9. The van der Waals surface area contributed by atoms with Gasteiger partial charge in [0.15, 0.2) is 0 Å². The lowest BCUT2D eigenvalue weighted by molar-refractivity contribution is -0.142. The quantitative estimate of drug-likeness (QED) is 0.585. The van der Waals surface area contributed by atoms with Crippen molar-refractivity contribution >= 4 is 17.8 Å². The van der Waals surface area contributed by atoms with Gasteiger partial charge in [-0.1, -0.05) is 18.2 Å². The van der Waals surface area contributed by atoms with Crippen LogP contribution in [0.15, 0.2) is 59.4 Å². The number of aromatic nitrogens is 2. The van der Waals surface area contributed by atoms with E-state index in [-0.39, 0.29) is 11.4 Å². The van der Waals surface area contributed by atoms with Gasteiger partial charge in [-0.15, -0.1) is 0 Å². The van der Waals surface area contributed by atoms with Gasteiger partial charge >= 0.3 is 12.1 Å². The first-order valence-electron chi connectivity index (χ1n) is 11.9. The second kappa shape index (κ2) is 9.28. The summed E-state index contributed by atoms with van der Waals surface area (Å²) >= 11 is 0. The molecule has 1 saturated heterocycles. The number of anilines is 1. The number of rotatable bonds is 5. The number of piperidine rings is 1. The molecule has 0 amide bonds. The average Bonchev–Trinajstić information content (AvgIpc) is 3.20. The van der Waals surface area contributed by atoms with Gasteiger partial charge in [-0.05, 0) is 49.1 Å². The van der Waals surface area contributed by atoms with Crippen LogP contribution in [-0.2, 0) is 11.2 Å². The number of aliphatic carboxylic acids is 1. The fourth-order valence-electron chi connectivity index (χ4n) is 4.94. The first-order chi connectivity index (χ1) is 17.5. The summed E-state index contributed by atoms with van der Waals surface area (Å²) in [5, 5.41) is 12.2. The number of hydrogen-bond donors (Lipinski definition) is 2. The molecule has 2 aromatic rings. The number of amidine groups is 1. The lowest BCUT2D eigenvalue weighted by atomic mass is 9.86. The third kappa shape index (κ3) is 5.07. The molecule has 0 bridgehead atoms. The van der Waals surface area contributed by atoms with Crippen molar-refractivity contribution in [3.8, 4) is 0 Å². The van der Waals surface area contributed by atoms with E-state index in [0.717, 1.165) is 24.1 Å². The summed E-state index contributed by atoms with van der Waals surface area (Å²) in [5.74, 6) is -1.14. The molecule has 2 N–H and O–H groups in total. The van der Waals surface area contributed by atoms with Crippen molar-refractivity contribution < 1.29 is 27.5 Å². The van der Waals surface area contributed by atoms with Gasteiger partial charge in [0, 0.05) is 31.9 Å². The smallest absolute Gasteiger partial charge is 0.416 e. The van der Waals surface area contributed by atoms with Gasteiger partial charge in [0.2, 0.25) is 5.95 Å². The summed E-state index contributed by atoms with van der Waals surface area (Å²) in [6, 6.07) is 4.08. The van der Waals surface area contributed by atoms with Crippen molar-refractivity contribution in [3.05, 3.63) is 76.9 Å². The molecule has 2 unspecified atom stereocenters. The topological polar surface area (TPSA) is 90.7 Å². The molecule has 1 aromatic heterocycles. The normalized spacial score (nSPS) is 25.3. The zero-order valence-electron chi connectivity index (χ0n) is 20.0. The summed E-state index contributed by atoms with van der Waals surface area (Å²) in [6.45, 7) is 2.66. The Morgan fingerprint density at radius 1 is 1.24 bits per heavy atom. The Kier molecular flexibility index (Phi) is 6.25. The highest BCUT2D eigenvalue weighted by molar-refractivity contribution is 6.01. The van der Waals surface area contributed by atoms with Crippen LogP contribution in [0.5, 0.6) is 0 Å². The van der Waals surface area contributed by atoms with E-state index in [1.165, 1.54) is 12.1 Å². The second-order valence-corrected chi connectivity index (χ2v) is 9.79. The maximum atomic E-state index is 15.1. The van der Waals surface area contributed by atoms with E-state index in [2.05, 4.69) is 20.3 Å². The molecule has 3 aliphatic rings. The van der Waals surface area contributed by atoms with E-state index in [1.54, 1.807) is 31.5 Å². The van der Waals surface area contributed by atoms with Crippen LogP contribution in [0, 0.1) is 11.7 Å². The molecule has 194 valence electrons. The van der Waals surface area contributed by atoms with E-state index in [4.69, 9.17) is 0 Å². The minimum Gasteiger partial charge on any atom is -0.481 e. The molecule has 3 atom stereocenters. The fraction of sp³-hybridized carbons (Fsp3) is 0.385. The highest BCUT2D eigenvalue weighted by atomic mass is 19.4. The lowest BCUT2D eigenvalue weighted by Gasteiger charge is -2.30. The molecular formula is C26H25F4N5O2. The lowest BCUT2D eigenvalue weighted by Crippen LogP contribution is -2.47. The number of alkyl halides is 3. The van der Waals surface area contributed by atoms with Gasteiger partial charge in [0.1, 0.15) is 11.7 Å². The Labute approximate surface area is 210 Å². The van der Waals surface area contributed by atoms with E-state index in [1.807, 2.05) is 4.90 Å². The van der Waals surface area contributed by atoms with Gasteiger partial charge in [0.05, 0.1) is 28.6 Å². The molecule has 1 aromatic carbocycles. The summed E-state index contributed by atoms with van der Waals surface area (Å²) in [4.78, 5) is 26.3. The molecule has 1 fully saturated rings. The Balaban J connectivity index is 1.27. The number of allylic oxidation sites excluding steroid dienone is 2. The number of fused-ring (bicyclic) bond motifs is 1. The van der Waals surface area contributed by atoms with Crippen LogP contribution in [0.2, 0.25) is 0 Å².